The van der Waals surface area contributed by atoms with Gasteiger partial charge in [0, 0.05) is 31.5 Å². The molecule has 6 nitrogen and oxygen atoms in total. The molecule has 1 aromatic heterocycles. The summed E-state index contributed by atoms with van der Waals surface area (Å²) in [6.07, 6.45) is 6.48. The number of hydrogen-bond acceptors (Lipinski definition) is 4. The molecule has 2 aliphatic heterocycles. The Labute approximate surface area is 150 Å². The molecule has 0 saturated carbocycles. The van der Waals surface area contributed by atoms with Gasteiger partial charge in [-0.05, 0) is 44.3 Å². The van der Waals surface area contributed by atoms with Crippen LogP contribution in [0.15, 0.2) is 18.5 Å². The van der Waals surface area contributed by atoms with Crippen molar-refractivity contribution >= 4 is 18.3 Å². The molecule has 2 atom stereocenters. The molecule has 24 heavy (non-hydrogen) atoms. The lowest BCUT2D eigenvalue weighted by atomic mass is 9.86. The molecule has 1 aromatic rings. The zero-order chi connectivity index (χ0) is 16.3. The van der Waals surface area contributed by atoms with E-state index in [2.05, 4.69) is 29.6 Å². The van der Waals surface area contributed by atoms with Gasteiger partial charge in [0.05, 0.1) is 6.10 Å². The van der Waals surface area contributed by atoms with Gasteiger partial charge in [-0.15, -0.1) is 12.4 Å². The number of nitrogens with one attached hydrogen (secondary N) is 2. The summed E-state index contributed by atoms with van der Waals surface area (Å²) in [5.74, 6) is 0.991. The van der Waals surface area contributed by atoms with Crippen LogP contribution >= 0.6 is 12.4 Å². The Morgan fingerprint density at radius 3 is 2.83 bits per heavy atom. The quantitative estimate of drug-likeness (QED) is 0.840. The van der Waals surface area contributed by atoms with Crippen molar-refractivity contribution in [3.05, 3.63) is 18.5 Å². The van der Waals surface area contributed by atoms with Crippen molar-refractivity contribution in [3.8, 4) is 0 Å². The van der Waals surface area contributed by atoms with Gasteiger partial charge in [0.25, 0.3) is 0 Å². The summed E-state index contributed by atoms with van der Waals surface area (Å²) in [5, 5.41) is 10.9. The topological polar surface area (TPSA) is 68.2 Å². The van der Waals surface area contributed by atoms with Crippen molar-refractivity contribution in [1.82, 2.24) is 20.4 Å². The van der Waals surface area contributed by atoms with Crippen LogP contribution in [-0.4, -0.2) is 48.0 Å². The number of nitrogens with zero attached hydrogens (tertiary/aromatic N) is 2. The second-order valence-electron chi connectivity index (χ2n) is 7.07. The number of rotatable bonds is 5. The molecule has 136 valence electrons. The first-order valence-electron chi connectivity index (χ1n) is 8.74. The highest BCUT2D eigenvalue weighted by atomic mass is 35.5. The summed E-state index contributed by atoms with van der Waals surface area (Å²) in [5.41, 5.74) is -0.554. The number of carbonyl (C=O) groups is 1. The van der Waals surface area contributed by atoms with E-state index in [1.54, 1.807) is 6.20 Å². The average Bonchev–Trinajstić information content (AvgIpc) is 3.24. The van der Waals surface area contributed by atoms with Crippen molar-refractivity contribution < 1.29 is 9.53 Å². The lowest BCUT2D eigenvalue weighted by Crippen LogP contribution is -2.55. The van der Waals surface area contributed by atoms with Crippen LogP contribution in [-0.2, 0) is 15.1 Å². The fraction of sp³-hybridized carbons (Fsp3) is 0.765. The van der Waals surface area contributed by atoms with Crippen LogP contribution in [0.4, 0.5) is 0 Å². The second kappa shape index (κ2) is 8.32. The van der Waals surface area contributed by atoms with Gasteiger partial charge in [-0.2, -0.15) is 5.10 Å². The van der Waals surface area contributed by atoms with Gasteiger partial charge in [0.15, 0.2) is 0 Å². The molecule has 2 fully saturated rings. The number of carbonyl (C=O) groups excluding carboxylic acids is 1. The predicted molar refractivity (Wildman–Crippen MR) is 95.2 cm³/mol. The molecule has 2 saturated heterocycles. The molecule has 1 amide bonds. The van der Waals surface area contributed by atoms with Gasteiger partial charge >= 0.3 is 0 Å². The molecule has 0 spiro atoms. The van der Waals surface area contributed by atoms with E-state index < -0.39 is 5.54 Å². The number of hydrogen-bond donors (Lipinski definition) is 2. The molecule has 2 unspecified atom stereocenters. The van der Waals surface area contributed by atoms with E-state index in [0.29, 0.717) is 18.4 Å². The molecular formula is C17H29ClN4O2. The van der Waals surface area contributed by atoms with Gasteiger partial charge in [-0.3, -0.25) is 9.48 Å². The number of piperidine rings is 1. The van der Waals surface area contributed by atoms with Crippen molar-refractivity contribution in [3.63, 3.8) is 0 Å². The Morgan fingerprint density at radius 2 is 2.21 bits per heavy atom. The van der Waals surface area contributed by atoms with Gasteiger partial charge < -0.3 is 15.4 Å². The molecule has 2 N–H and O–H groups in total. The number of halogens is 1. The maximum atomic E-state index is 13.0. The molecule has 0 aliphatic carbocycles. The third kappa shape index (κ3) is 3.76. The van der Waals surface area contributed by atoms with Gasteiger partial charge in [-0.25, -0.2) is 0 Å². The minimum Gasteiger partial charge on any atom is -0.378 e. The van der Waals surface area contributed by atoms with E-state index in [-0.39, 0.29) is 24.4 Å². The smallest absolute Gasteiger partial charge is 0.248 e. The van der Waals surface area contributed by atoms with E-state index in [1.165, 1.54) is 0 Å². The lowest BCUT2D eigenvalue weighted by molar-refractivity contribution is -0.132. The maximum Gasteiger partial charge on any atom is 0.248 e. The number of aromatic nitrogens is 2. The van der Waals surface area contributed by atoms with Crippen LogP contribution in [0.2, 0.25) is 0 Å². The standard InChI is InChI=1S/C17H28N4O2.ClH/c1-13(2)15-14(4-11-23-15)12-19-16(22)17(5-8-18-9-6-17)21-10-3-7-20-21;/h3,7,10,13-15,18H,4-6,8-9,11-12H2,1-2H3,(H,19,22);1H. The molecule has 7 heteroatoms. The molecule has 3 rings (SSSR count). The normalized spacial score (nSPS) is 26.1. The van der Waals surface area contributed by atoms with Crippen molar-refractivity contribution in [2.24, 2.45) is 11.8 Å². The highest BCUT2D eigenvalue weighted by Gasteiger charge is 2.42. The summed E-state index contributed by atoms with van der Waals surface area (Å²) in [7, 11) is 0. The van der Waals surface area contributed by atoms with Crippen LogP contribution < -0.4 is 10.6 Å². The Bertz CT molecular complexity index is 515. The van der Waals surface area contributed by atoms with Crippen LogP contribution in [0, 0.1) is 11.8 Å². The zero-order valence-electron chi connectivity index (χ0n) is 14.5. The third-order valence-electron chi connectivity index (χ3n) is 5.24. The average molecular weight is 357 g/mol. The van der Waals surface area contributed by atoms with Crippen LogP contribution in [0.3, 0.4) is 0 Å². The summed E-state index contributed by atoms with van der Waals surface area (Å²) in [6, 6.07) is 1.89. The highest BCUT2D eigenvalue weighted by Crippen LogP contribution is 2.29. The van der Waals surface area contributed by atoms with E-state index in [0.717, 1.165) is 39.0 Å². The van der Waals surface area contributed by atoms with Crippen LogP contribution in [0.1, 0.15) is 33.1 Å². The van der Waals surface area contributed by atoms with Gasteiger partial charge in [0.1, 0.15) is 5.54 Å². The van der Waals surface area contributed by atoms with Gasteiger partial charge in [-0.1, -0.05) is 13.8 Å². The lowest BCUT2D eigenvalue weighted by Gasteiger charge is -2.37. The van der Waals surface area contributed by atoms with Crippen molar-refractivity contribution in [2.45, 2.75) is 44.8 Å². The Balaban J connectivity index is 0.00000208. The van der Waals surface area contributed by atoms with E-state index in [1.807, 2.05) is 16.9 Å². The summed E-state index contributed by atoms with van der Waals surface area (Å²) < 4.78 is 7.66. The SMILES string of the molecule is CC(C)C1OCCC1CNC(=O)C1(n2cccn2)CCNCC1.Cl. The Morgan fingerprint density at radius 1 is 1.46 bits per heavy atom. The molecular weight excluding hydrogens is 328 g/mol. The monoisotopic (exact) mass is 356 g/mol. The minimum atomic E-state index is -0.554. The summed E-state index contributed by atoms with van der Waals surface area (Å²) in [6.45, 7) is 7.55. The third-order valence-corrected chi connectivity index (χ3v) is 5.24. The highest BCUT2D eigenvalue weighted by molar-refractivity contribution is 5.85. The predicted octanol–water partition coefficient (Wildman–Crippen LogP) is 1.56. The Hall–Kier alpha value is -1.11. The van der Waals surface area contributed by atoms with Crippen molar-refractivity contribution in [2.75, 3.05) is 26.2 Å². The minimum absolute atomic E-state index is 0. The van der Waals surface area contributed by atoms with Crippen LogP contribution in [0.25, 0.3) is 0 Å². The van der Waals surface area contributed by atoms with E-state index in [9.17, 15) is 4.79 Å². The largest absolute Gasteiger partial charge is 0.378 e. The first-order chi connectivity index (χ1) is 11.1. The molecule has 2 aliphatic rings. The fourth-order valence-corrected chi connectivity index (χ4v) is 3.92. The fourth-order valence-electron chi connectivity index (χ4n) is 3.92. The first-order valence-corrected chi connectivity index (χ1v) is 8.74. The number of amides is 1. The summed E-state index contributed by atoms with van der Waals surface area (Å²) in [4.78, 5) is 13.0. The molecule has 3 heterocycles. The van der Waals surface area contributed by atoms with E-state index >= 15 is 0 Å². The maximum absolute atomic E-state index is 13.0. The Kier molecular flexibility index (Phi) is 6.66. The molecule has 0 radical (unpaired) electrons. The van der Waals surface area contributed by atoms with E-state index in [4.69, 9.17) is 4.74 Å². The second-order valence-corrected chi connectivity index (χ2v) is 7.07. The zero-order valence-corrected chi connectivity index (χ0v) is 15.3. The first kappa shape index (κ1) is 19.2. The molecule has 0 bridgehead atoms. The number of ether oxygens (including phenoxy) is 1. The molecule has 0 aromatic carbocycles. The summed E-state index contributed by atoms with van der Waals surface area (Å²) >= 11 is 0. The van der Waals surface area contributed by atoms with Gasteiger partial charge in [0.2, 0.25) is 5.91 Å². The van der Waals surface area contributed by atoms with Crippen molar-refractivity contribution in [1.29, 1.82) is 0 Å². The van der Waals surface area contributed by atoms with Crippen LogP contribution in [0.5, 0.6) is 0 Å².